The molecule has 136 valence electrons. The van der Waals surface area contributed by atoms with Crippen LogP contribution in [0, 0.1) is 5.92 Å². The number of nitrogens with zero attached hydrogens (tertiary/aromatic N) is 1. The Morgan fingerprint density at radius 2 is 1.83 bits per heavy atom. The van der Waals surface area contributed by atoms with Crippen molar-refractivity contribution in [3.8, 4) is 11.5 Å². The Kier molecular flexibility index (Phi) is 9.57. The highest BCUT2D eigenvalue weighted by molar-refractivity contribution is 5.85. The predicted molar refractivity (Wildman–Crippen MR) is 98.2 cm³/mol. The first-order valence-electron chi connectivity index (χ1n) is 8.51. The van der Waals surface area contributed by atoms with Crippen molar-refractivity contribution >= 4 is 18.3 Å². The number of carbonyl (C=O) groups is 1. The highest BCUT2D eigenvalue weighted by Gasteiger charge is 2.22. The van der Waals surface area contributed by atoms with Crippen molar-refractivity contribution in [2.45, 2.75) is 26.2 Å². The van der Waals surface area contributed by atoms with Gasteiger partial charge in [-0.05, 0) is 57.8 Å². The van der Waals surface area contributed by atoms with E-state index >= 15 is 0 Å². The minimum Gasteiger partial charge on any atom is -0.490 e. The minimum atomic E-state index is 0. The molecule has 2 rings (SSSR count). The summed E-state index contributed by atoms with van der Waals surface area (Å²) in [6, 6.07) is 7.48. The van der Waals surface area contributed by atoms with Gasteiger partial charge in [0.05, 0.1) is 6.61 Å². The van der Waals surface area contributed by atoms with Crippen LogP contribution in [0.5, 0.6) is 11.5 Å². The minimum absolute atomic E-state index is 0. The number of rotatable bonds is 8. The molecule has 1 fully saturated rings. The van der Waals surface area contributed by atoms with Gasteiger partial charge in [-0.15, -0.1) is 12.4 Å². The monoisotopic (exact) mass is 356 g/mol. The summed E-state index contributed by atoms with van der Waals surface area (Å²) in [6.45, 7) is 5.31. The smallest absolute Gasteiger partial charge is 0.260 e. The van der Waals surface area contributed by atoms with Crippen molar-refractivity contribution < 1.29 is 14.3 Å². The molecule has 0 atom stereocenters. The molecule has 0 aliphatic carbocycles. The Morgan fingerprint density at radius 3 is 2.42 bits per heavy atom. The van der Waals surface area contributed by atoms with Gasteiger partial charge in [-0.3, -0.25) is 4.79 Å². The van der Waals surface area contributed by atoms with E-state index in [2.05, 4.69) is 5.32 Å². The number of nitrogens with one attached hydrogen (secondary N) is 1. The molecule has 1 amide bonds. The zero-order valence-corrected chi connectivity index (χ0v) is 15.4. The van der Waals surface area contributed by atoms with Crippen LogP contribution < -0.4 is 14.8 Å². The van der Waals surface area contributed by atoms with Gasteiger partial charge < -0.3 is 19.7 Å². The molecule has 0 spiro atoms. The molecule has 1 aliphatic rings. The van der Waals surface area contributed by atoms with Crippen LogP contribution in [0.2, 0.25) is 0 Å². The fraction of sp³-hybridized carbons (Fsp3) is 0.611. The molecule has 0 radical (unpaired) electrons. The maximum atomic E-state index is 12.3. The van der Waals surface area contributed by atoms with Gasteiger partial charge in [0.25, 0.3) is 5.91 Å². The number of amides is 1. The average molecular weight is 357 g/mol. The van der Waals surface area contributed by atoms with Crippen LogP contribution >= 0.6 is 12.4 Å². The molecule has 1 saturated heterocycles. The van der Waals surface area contributed by atoms with Gasteiger partial charge in [-0.1, -0.05) is 12.1 Å². The van der Waals surface area contributed by atoms with E-state index in [0.29, 0.717) is 18.1 Å². The lowest BCUT2D eigenvalue weighted by Gasteiger charge is -2.32. The van der Waals surface area contributed by atoms with Crippen molar-refractivity contribution in [1.29, 1.82) is 0 Å². The highest BCUT2D eigenvalue weighted by atomic mass is 35.5. The first kappa shape index (κ1) is 20.6. The molecule has 1 aromatic carbocycles. The second kappa shape index (κ2) is 11.2. The lowest BCUT2D eigenvalue weighted by molar-refractivity contribution is -0.134. The Labute approximate surface area is 151 Å². The van der Waals surface area contributed by atoms with E-state index in [9.17, 15) is 4.79 Å². The first-order valence-corrected chi connectivity index (χ1v) is 8.51. The summed E-state index contributed by atoms with van der Waals surface area (Å²) in [7, 11) is 1.98. The molecule has 1 aromatic rings. The summed E-state index contributed by atoms with van der Waals surface area (Å²) in [6.07, 6.45) is 3.36. The van der Waals surface area contributed by atoms with Gasteiger partial charge in [-0.2, -0.15) is 0 Å². The molecule has 24 heavy (non-hydrogen) atoms. The van der Waals surface area contributed by atoms with E-state index in [1.54, 1.807) is 0 Å². The van der Waals surface area contributed by atoms with Crippen molar-refractivity contribution in [1.82, 2.24) is 10.2 Å². The molecule has 0 unspecified atom stereocenters. The third-order valence-corrected chi connectivity index (χ3v) is 4.27. The predicted octanol–water partition coefficient (Wildman–Crippen LogP) is 2.73. The lowest BCUT2D eigenvalue weighted by atomic mass is 9.93. The van der Waals surface area contributed by atoms with Gasteiger partial charge in [0, 0.05) is 13.1 Å². The van der Waals surface area contributed by atoms with E-state index in [0.717, 1.165) is 38.4 Å². The number of hydrogen-bond donors (Lipinski definition) is 1. The van der Waals surface area contributed by atoms with Gasteiger partial charge in [0.2, 0.25) is 0 Å². The number of likely N-dealkylation sites (tertiary alicyclic amines) is 1. The zero-order chi connectivity index (χ0) is 16.5. The van der Waals surface area contributed by atoms with Crippen molar-refractivity contribution in [3.05, 3.63) is 24.3 Å². The van der Waals surface area contributed by atoms with Crippen LogP contribution in [0.1, 0.15) is 26.2 Å². The second-order valence-electron chi connectivity index (χ2n) is 5.88. The molecule has 1 N–H and O–H groups in total. The molecular weight excluding hydrogens is 328 g/mol. The maximum Gasteiger partial charge on any atom is 0.260 e. The standard InChI is InChI=1S/C18H28N2O3.ClH/c1-3-22-16-6-4-5-7-17(16)23-14-18(21)20-12-9-15(10-13-20)8-11-19-2;/h4-7,15,19H,3,8-14H2,1-2H3;1H. The molecule has 0 bridgehead atoms. The Morgan fingerprint density at radius 1 is 1.21 bits per heavy atom. The molecule has 6 heteroatoms. The van der Waals surface area contributed by atoms with Gasteiger partial charge >= 0.3 is 0 Å². The molecule has 1 heterocycles. The Bertz CT molecular complexity index is 491. The number of piperidine rings is 1. The number of hydrogen-bond acceptors (Lipinski definition) is 4. The number of para-hydroxylation sites is 2. The lowest BCUT2D eigenvalue weighted by Crippen LogP contribution is -2.41. The normalized spacial score (nSPS) is 14.8. The average Bonchev–Trinajstić information content (AvgIpc) is 2.59. The van der Waals surface area contributed by atoms with Crippen LogP contribution in [-0.2, 0) is 4.79 Å². The molecular formula is C18H29ClN2O3. The Balaban J connectivity index is 0.00000288. The third kappa shape index (κ3) is 6.21. The molecule has 5 nitrogen and oxygen atoms in total. The maximum absolute atomic E-state index is 12.3. The zero-order valence-electron chi connectivity index (χ0n) is 14.6. The summed E-state index contributed by atoms with van der Waals surface area (Å²) in [5.41, 5.74) is 0. The summed E-state index contributed by atoms with van der Waals surface area (Å²) in [5.74, 6) is 2.11. The largest absolute Gasteiger partial charge is 0.490 e. The van der Waals surface area contributed by atoms with E-state index in [4.69, 9.17) is 9.47 Å². The SMILES string of the molecule is CCOc1ccccc1OCC(=O)N1CCC(CCNC)CC1.Cl. The second-order valence-corrected chi connectivity index (χ2v) is 5.88. The van der Waals surface area contributed by atoms with Gasteiger partial charge in [0.15, 0.2) is 18.1 Å². The van der Waals surface area contributed by atoms with E-state index in [1.807, 2.05) is 43.1 Å². The fourth-order valence-electron chi connectivity index (χ4n) is 2.89. The summed E-state index contributed by atoms with van der Waals surface area (Å²) in [4.78, 5) is 14.2. The molecule has 0 aromatic heterocycles. The Hall–Kier alpha value is -1.46. The van der Waals surface area contributed by atoms with Crippen LogP contribution in [0.15, 0.2) is 24.3 Å². The van der Waals surface area contributed by atoms with Crippen molar-refractivity contribution in [2.75, 3.05) is 39.9 Å². The number of ether oxygens (including phenoxy) is 2. The number of carbonyl (C=O) groups excluding carboxylic acids is 1. The van der Waals surface area contributed by atoms with E-state index < -0.39 is 0 Å². The van der Waals surface area contributed by atoms with Crippen molar-refractivity contribution in [2.24, 2.45) is 5.92 Å². The van der Waals surface area contributed by atoms with E-state index in [1.165, 1.54) is 6.42 Å². The quantitative estimate of drug-likeness (QED) is 0.778. The molecule has 0 saturated carbocycles. The summed E-state index contributed by atoms with van der Waals surface area (Å²) >= 11 is 0. The van der Waals surface area contributed by atoms with Crippen LogP contribution in [-0.4, -0.2) is 50.7 Å². The first-order chi connectivity index (χ1) is 11.2. The number of halogens is 1. The van der Waals surface area contributed by atoms with Crippen LogP contribution in [0.3, 0.4) is 0 Å². The van der Waals surface area contributed by atoms with Crippen molar-refractivity contribution in [3.63, 3.8) is 0 Å². The molecule has 1 aliphatic heterocycles. The summed E-state index contributed by atoms with van der Waals surface area (Å²) in [5, 5.41) is 3.19. The highest BCUT2D eigenvalue weighted by Crippen LogP contribution is 2.26. The summed E-state index contributed by atoms with van der Waals surface area (Å²) < 4.78 is 11.2. The van der Waals surface area contributed by atoms with Gasteiger partial charge in [0.1, 0.15) is 0 Å². The number of benzene rings is 1. The van der Waals surface area contributed by atoms with Gasteiger partial charge in [-0.25, -0.2) is 0 Å². The van der Waals surface area contributed by atoms with Crippen LogP contribution in [0.4, 0.5) is 0 Å². The third-order valence-electron chi connectivity index (χ3n) is 4.27. The topological polar surface area (TPSA) is 50.8 Å². The fourth-order valence-corrected chi connectivity index (χ4v) is 2.89. The van der Waals surface area contributed by atoms with Crippen LogP contribution in [0.25, 0.3) is 0 Å². The van der Waals surface area contributed by atoms with E-state index in [-0.39, 0.29) is 24.9 Å².